The SMILES string of the molecule is Cc1cc(O)ccc1NC(=NCc1ccccc1Cl)NCCO. The number of aliphatic imine (C=N–C) groups is 1. The largest absolute Gasteiger partial charge is 0.508 e. The van der Waals surface area contributed by atoms with E-state index in [0.717, 1.165) is 16.8 Å². The number of aromatic hydroxyl groups is 1. The molecule has 0 spiro atoms. The number of aliphatic hydroxyl groups is 1. The number of hydrogen-bond acceptors (Lipinski definition) is 3. The topological polar surface area (TPSA) is 76.9 Å². The summed E-state index contributed by atoms with van der Waals surface area (Å²) < 4.78 is 0. The van der Waals surface area contributed by atoms with Crippen molar-refractivity contribution < 1.29 is 10.2 Å². The number of rotatable bonds is 5. The number of halogens is 1. The van der Waals surface area contributed by atoms with Gasteiger partial charge in [-0.25, -0.2) is 4.99 Å². The van der Waals surface area contributed by atoms with Crippen molar-refractivity contribution in [3.8, 4) is 5.75 Å². The van der Waals surface area contributed by atoms with E-state index in [-0.39, 0.29) is 12.4 Å². The van der Waals surface area contributed by atoms with Crippen molar-refractivity contribution in [2.45, 2.75) is 13.5 Å². The number of anilines is 1. The van der Waals surface area contributed by atoms with Crippen LogP contribution < -0.4 is 10.6 Å². The van der Waals surface area contributed by atoms with Gasteiger partial charge in [0.05, 0.1) is 13.2 Å². The molecule has 0 bridgehead atoms. The highest BCUT2D eigenvalue weighted by molar-refractivity contribution is 6.31. The van der Waals surface area contributed by atoms with E-state index >= 15 is 0 Å². The number of aliphatic hydroxyl groups excluding tert-OH is 1. The van der Waals surface area contributed by atoms with E-state index in [0.29, 0.717) is 24.1 Å². The van der Waals surface area contributed by atoms with Gasteiger partial charge in [-0.05, 0) is 42.3 Å². The summed E-state index contributed by atoms with van der Waals surface area (Å²) in [6, 6.07) is 12.6. The summed E-state index contributed by atoms with van der Waals surface area (Å²) in [6.07, 6.45) is 0. The molecule has 0 unspecified atom stereocenters. The van der Waals surface area contributed by atoms with Crippen LogP contribution in [0.15, 0.2) is 47.5 Å². The van der Waals surface area contributed by atoms with Gasteiger partial charge in [-0.1, -0.05) is 29.8 Å². The number of nitrogens with zero attached hydrogens (tertiary/aromatic N) is 1. The zero-order chi connectivity index (χ0) is 16.7. The molecule has 0 atom stereocenters. The van der Waals surface area contributed by atoms with Gasteiger partial charge in [0.1, 0.15) is 5.75 Å². The standard InChI is InChI=1S/C17H20ClN3O2/c1-12-10-14(23)6-7-16(12)21-17(19-8-9-22)20-11-13-4-2-3-5-15(13)18/h2-7,10,22-23H,8-9,11H2,1H3,(H2,19,20,21). The summed E-state index contributed by atoms with van der Waals surface area (Å²) in [4.78, 5) is 4.49. The summed E-state index contributed by atoms with van der Waals surface area (Å²) in [5, 5.41) is 25.3. The fourth-order valence-electron chi connectivity index (χ4n) is 2.02. The number of guanidine groups is 1. The van der Waals surface area contributed by atoms with Crippen LogP contribution in [-0.2, 0) is 6.54 Å². The highest BCUT2D eigenvalue weighted by Gasteiger charge is 2.05. The lowest BCUT2D eigenvalue weighted by molar-refractivity contribution is 0.300. The van der Waals surface area contributed by atoms with Crippen molar-refractivity contribution in [3.05, 3.63) is 58.6 Å². The fourth-order valence-corrected chi connectivity index (χ4v) is 2.22. The summed E-state index contributed by atoms with van der Waals surface area (Å²) in [7, 11) is 0. The second-order valence-corrected chi connectivity index (χ2v) is 5.44. The Labute approximate surface area is 140 Å². The van der Waals surface area contributed by atoms with Crippen LogP contribution >= 0.6 is 11.6 Å². The lowest BCUT2D eigenvalue weighted by atomic mass is 10.2. The number of phenolic OH excluding ortho intramolecular Hbond substituents is 1. The molecule has 2 rings (SSSR count). The summed E-state index contributed by atoms with van der Waals surface area (Å²) >= 11 is 6.14. The molecule has 0 aliphatic heterocycles. The Morgan fingerprint density at radius 2 is 2.00 bits per heavy atom. The molecule has 4 N–H and O–H groups in total. The van der Waals surface area contributed by atoms with Gasteiger partial charge in [0, 0.05) is 17.3 Å². The quantitative estimate of drug-likeness (QED) is 0.385. The van der Waals surface area contributed by atoms with Crippen molar-refractivity contribution >= 4 is 23.2 Å². The molecule has 23 heavy (non-hydrogen) atoms. The van der Waals surface area contributed by atoms with E-state index in [2.05, 4.69) is 15.6 Å². The minimum Gasteiger partial charge on any atom is -0.508 e. The van der Waals surface area contributed by atoms with Crippen LogP contribution in [0, 0.1) is 6.92 Å². The van der Waals surface area contributed by atoms with Gasteiger partial charge in [0.15, 0.2) is 5.96 Å². The maximum Gasteiger partial charge on any atom is 0.196 e. The second-order valence-electron chi connectivity index (χ2n) is 5.03. The molecular formula is C17H20ClN3O2. The Hall–Kier alpha value is -2.24. The van der Waals surface area contributed by atoms with Gasteiger partial charge in [-0.2, -0.15) is 0 Å². The minimum atomic E-state index is 0.00134. The van der Waals surface area contributed by atoms with E-state index in [9.17, 15) is 5.11 Å². The molecule has 5 nitrogen and oxygen atoms in total. The first-order valence-corrected chi connectivity index (χ1v) is 7.67. The summed E-state index contributed by atoms with van der Waals surface area (Å²) in [5.74, 6) is 0.749. The Morgan fingerprint density at radius 3 is 2.70 bits per heavy atom. The van der Waals surface area contributed by atoms with Gasteiger partial charge in [0.25, 0.3) is 0 Å². The molecule has 0 saturated carbocycles. The molecule has 0 aliphatic carbocycles. The van der Waals surface area contributed by atoms with E-state index < -0.39 is 0 Å². The molecule has 0 saturated heterocycles. The lowest BCUT2D eigenvalue weighted by Gasteiger charge is -2.14. The van der Waals surface area contributed by atoms with E-state index in [4.69, 9.17) is 16.7 Å². The number of phenols is 1. The van der Waals surface area contributed by atoms with Gasteiger partial charge >= 0.3 is 0 Å². The molecule has 122 valence electrons. The van der Waals surface area contributed by atoms with Crippen LogP contribution in [0.3, 0.4) is 0 Å². The predicted octanol–water partition coefficient (Wildman–Crippen LogP) is 2.90. The Morgan fingerprint density at radius 1 is 1.22 bits per heavy atom. The molecule has 2 aromatic rings. The molecular weight excluding hydrogens is 314 g/mol. The highest BCUT2D eigenvalue weighted by Crippen LogP contribution is 2.20. The summed E-state index contributed by atoms with van der Waals surface area (Å²) in [6.45, 7) is 2.68. The first-order valence-electron chi connectivity index (χ1n) is 7.29. The van der Waals surface area contributed by atoms with Crippen LogP contribution in [0.25, 0.3) is 0 Å². The molecule has 0 aromatic heterocycles. The minimum absolute atomic E-state index is 0.00134. The van der Waals surface area contributed by atoms with Crippen LogP contribution in [0.5, 0.6) is 5.75 Å². The highest BCUT2D eigenvalue weighted by atomic mass is 35.5. The number of hydrogen-bond donors (Lipinski definition) is 4. The third-order valence-corrected chi connectivity index (χ3v) is 3.60. The Kier molecular flexibility index (Phi) is 6.26. The molecule has 2 aromatic carbocycles. The van der Waals surface area contributed by atoms with Crippen LogP contribution in [0.2, 0.25) is 5.02 Å². The van der Waals surface area contributed by atoms with Crippen molar-refractivity contribution in [2.75, 3.05) is 18.5 Å². The van der Waals surface area contributed by atoms with Crippen molar-refractivity contribution in [3.63, 3.8) is 0 Å². The average Bonchev–Trinajstić information content (AvgIpc) is 2.53. The average molecular weight is 334 g/mol. The number of aryl methyl sites for hydroxylation is 1. The zero-order valence-electron chi connectivity index (χ0n) is 12.9. The molecule has 0 amide bonds. The van der Waals surface area contributed by atoms with Crippen LogP contribution in [-0.4, -0.2) is 29.3 Å². The number of benzene rings is 2. The maximum absolute atomic E-state index is 9.47. The van der Waals surface area contributed by atoms with Gasteiger partial charge in [0.2, 0.25) is 0 Å². The lowest BCUT2D eigenvalue weighted by Crippen LogP contribution is -2.33. The third kappa shape index (κ3) is 5.16. The molecule has 0 fully saturated rings. The molecule has 0 heterocycles. The monoisotopic (exact) mass is 333 g/mol. The third-order valence-electron chi connectivity index (χ3n) is 3.23. The van der Waals surface area contributed by atoms with Crippen molar-refractivity contribution in [1.82, 2.24) is 5.32 Å². The normalized spacial score (nSPS) is 11.3. The molecule has 6 heteroatoms. The second kappa shape index (κ2) is 8.41. The van der Waals surface area contributed by atoms with Gasteiger partial charge < -0.3 is 20.8 Å². The van der Waals surface area contributed by atoms with Crippen molar-refractivity contribution in [2.24, 2.45) is 4.99 Å². The predicted molar refractivity (Wildman–Crippen MR) is 94.1 cm³/mol. The van der Waals surface area contributed by atoms with Crippen molar-refractivity contribution in [1.29, 1.82) is 0 Å². The Balaban J connectivity index is 2.15. The van der Waals surface area contributed by atoms with Gasteiger partial charge in [-0.15, -0.1) is 0 Å². The first kappa shape index (κ1) is 17.1. The van der Waals surface area contributed by atoms with Crippen LogP contribution in [0.4, 0.5) is 5.69 Å². The zero-order valence-corrected chi connectivity index (χ0v) is 13.6. The van der Waals surface area contributed by atoms with Gasteiger partial charge in [-0.3, -0.25) is 0 Å². The summed E-state index contributed by atoms with van der Waals surface area (Å²) in [5.41, 5.74) is 2.63. The molecule has 0 radical (unpaired) electrons. The molecule has 0 aliphatic rings. The number of nitrogens with one attached hydrogen (secondary N) is 2. The Bertz CT molecular complexity index is 689. The maximum atomic E-state index is 9.47. The van der Waals surface area contributed by atoms with E-state index in [1.165, 1.54) is 0 Å². The van der Waals surface area contributed by atoms with Crippen LogP contribution in [0.1, 0.15) is 11.1 Å². The van der Waals surface area contributed by atoms with E-state index in [1.54, 1.807) is 18.2 Å². The first-order chi connectivity index (χ1) is 11.1. The fraction of sp³-hybridized carbons (Fsp3) is 0.235. The van der Waals surface area contributed by atoms with E-state index in [1.807, 2.05) is 31.2 Å². The smallest absolute Gasteiger partial charge is 0.196 e.